The number of nitrogens with one attached hydrogen (secondary N) is 1. The summed E-state index contributed by atoms with van der Waals surface area (Å²) in [7, 11) is 1.61. The van der Waals surface area contributed by atoms with E-state index in [-0.39, 0.29) is 24.4 Å². The molecule has 1 rings (SSSR count). The maximum absolute atomic E-state index is 11.4. The topological polar surface area (TPSA) is 73.6 Å². The van der Waals surface area contributed by atoms with Crippen molar-refractivity contribution in [3.63, 3.8) is 0 Å². The molecule has 1 atom stereocenters. The molecule has 1 amide bonds. The molecule has 0 saturated carbocycles. The zero-order chi connectivity index (χ0) is 14.1. The fraction of sp³-hybridized carbons (Fsp3) is 0.500. The number of carbonyl (C=O) groups excluding carboxylic acids is 1. The summed E-state index contributed by atoms with van der Waals surface area (Å²) >= 11 is 0. The van der Waals surface area contributed by atoms with Crippen molar-refractivity contribution in [3.8, 4) is 11.5 Å². The van der Waals surface area contributed by atoms with Crippen LogP contribution in [-0.4, -0.2) is 32.2 Å². The molecule has 6 heteroatoms. The maximum atomic E-state index is 11.4. The molecule has 0 saturated heterocycles. The van der Waals surface area contributed by atoms with E-state index in [1.165, 1.54) is 0 Å². The highest BCUT2D eigenvalue weighted by atomic mass is 35.5. The van der Waals surface area contributed by atoms with Gasteiger partial charge in [0.05, 0.1) is 13.7 Å². The molecule has 1 aromatic carbocycles. The minimum atomic E-state index is -0.103. The number of amides is 1. The number of ether oxygens (including phenoxy) is 2. The largest absolute Gasteiger partial charge is 0.497 e. The van der Waals surface area contributed by atoms with Crippen LogP contribution >= 0.6 is 12.4 Å². The Morgan fingerprint density at radius 3 is 2.75 bits per heavy atom. The number of halogens is 1. The minimum absolute atomic E-state index is 0. The lowest BCUT2D eigenvalue weighted by molar-refractivity contribution is -0.121. The molecule has 1 aromatic rings. The van der Waals surface area contributed by atoms with Gasteiger partial charge in [-0.3, -0.25) is 4.79 Å². The van der Waals surface area contributed by atoms with E-state index in [2.05, 4.69) is 5.32 Å². The standard InChI is InChI=1S/C14H22N2O3.ClH/c1-11(10-16-14(17)7-4-8-15)19-13-6-3-5-12(9-13)18-2;/h3,5-6,9,11H,4,7-8,10,15H2,1-2H3,(H,16,17);1H. The van der Waals surface area contributed by atoms with Gasteiger partial charge in [0, 0.05) is 12.5 Å². The normalized spacial score (nSPS) is 11.2. The lowest BCUT2D eigenvalue weighted by Gasteiger charge is -2.16. The van der Waals surface area contributed by atoms with Gasteiger partial charge >= 0.3 is 0 Å². The summed E-state index contributed by atoms with van der Waals surface area (Å²) < 4.78 is 10.8. The molecule has 20 heavy (non-hydrogen) atoms. The molecule has 1 unspecified atom stereocenters. The second-order valence-electron chi connectivity index (χ2n) is 4.30. The molecule has 3 N–H and O–H groups in total. The van der Waals surface area contributed by atoms with E-state index in [9.17, 15) is 4.79 Å². The van der Waals surface area contributed by atoms with Gasteiger partial charge in [-0.25, -0.2) is 0 Å². The molecule has 0 fully saturated rings. The van der Waals surface area contributed by atoms with Crippen LogP contribution in [0, 0.1) is 0 Å². The zero-order valence-electron chi connectivity index (χ0n) is 11.9. The third-order valence-corrected chi connectivity index (χ3v) is 2.57. The fourth-order valence-corrected chi connectivity index (χ4v) is 1.56. The van der Waals surface area contributed by atoms with Crippen LogP contribution in [0.1, 0.15) is 19.8 Å². The highest BCUT2D eigenvalue weighted by Crippen LogP contribution is 2.19. The molecular formula is C14H23ClN2O3. The Balaban J connectivity index is 0.00000361. The van der Waals surface area contributed by atoms with Crippen molar-refractivity contribution in [2.75, 3.05) is 20.2 Å². The molecule has 0 aliphatic carbocycles. The van der Waals surface area contributed by atoms with E-state index in [1.54, 1.807) is 7.11 Å². The van der Waals surface area contributed by atoms with E-state index in [1.807, 2.05) is 31.2 Å². The van der Waals surface area contributed by atoms with Gasteiger partial charge < -0.3 is 20.5 Å². The summed E-state index contributed by atoms with van der Waals surface area (Å²) in [4.78, 5) is 11.4. The third-order valence-electron chi connectivity index (χ3n) is 2.57. The Hall–Kier alpha value is -1.46. The Morgan fingerprint density at radius 1 is 1.40 bits per heavy atom. The number of rotatable bonds is 8. The van der Waals surface area contributed by atoms with Gasteiger partial charge in [-0.15, -0.1) is 12.4 Å². The second kappa shape index (κ2) is 10.3. The van der Waals surface area contributed by atoms with Crippen molar-refractivity contribution >= 4 is 18.3 Å². The number of carbonyl (C=O) groups is 1. The summed E-state index contributed by atoms with van der Waals surface area (Å²) in [5.41, 5.74) is 5.35. The summed E-state index contributed by atoms with van der Waals surface area (Å²) in [5, 5.41) is 2.82. The Morgan fingerprint density at radius 2 is 2.10 bits per heavy atom. The highest BCUT2D eigenvalue weighted by Gasteiger charge is 2.07. The van der Waals surface area contributed by atoms with E-state index < -0.39 is 0 Å². The summed E-state index contributed by atoms with van der Waals surface area (Å²) in [6.45, 7) is 2.91. The van der Waals surface area contributed by atoms with Crippen molar-refractivity contribution in [1.82, 2.24) is 5.32 Å². The van der Waals surface area contributed by atoms with Crippen LogP contribution in [-0.2, 0) is 4.79 Å². The van der Waals surface area contributed by atoms with Gasteiger partial charge in [-0.2, -0.15) is 0 Å². The quantitative estimate of drug-likeness (QED) is 0.767. The van der Waals surface area contributed by atoms with Gasteiger partial charge in [0.25, 0.3) is 0 Å². The Bertz CT molecular complexity index is 402. The van der Waals surface area contributed by atoms with Gasteiger partial charge in [-0.1, -0.05) is 6.07 Å². The zero-order valence-corrected chi connectivity index (χ0v) is 12.7. The monoisotopic (exact) mass is 302 g/mol. The number of hydrogen-bond acceptors (Lipinski definition) is 4. The van der Waals surface area contributed by atoms with Crippen molar-refractivity contribution in [2.45, 2.75) is 25.9 Å². The number of benzene rings is 1. The first kappa shape index (κ1) is 18.5. The van der Waals surface area contributed by atoms with Gasteiger partial charge in [-0.05, 0) is 32.0 Å². The van der Waals surface area contributed by atoms with Crippen LogP contribution < -0.4 is 20.5 Å². The van der Waals surface area contributed by atoms with Crippen LogP contribution in [0.3, 0.4) is 0 Å². The predicted molar refractivity (Wildman–Crippen MR) is 81.6 cm³/mol. The van der Waals surface area contributed by atoms with Crippen LogP contribution in [0.25, 0.3) is 0 Å². The molecule has 0 aliphatic heterocycles. The van der Waals surface area contributed by atoms with E-state index in [4.69, 9.17) is 15.2 Å². The first-order valence-electron chi connectivity index (χ1n) is 6.43. The smallest absolute Gasteiger partial charge is 0.220 e. The summed E-state index contributed by atoms with van der Waals surface area (Å²) in [6.07, 6.45) is 1.06. The van der Waals surface area contributed by atoms with Gasteiger partial charge in [0.15, 0.2) is 0 Å². The molecule has 0 spiro atoms. The van der Waals surface area contributed by atoms with E-state index in [0.29, 0.717) is 25.9 Å². The Kier molecular flexibility index (Phi) is 9.59. The number of methoxy groups -OCH3 is 1. The minimum Gasteiger partial charge on any atom is -0.497 e. The van der Waals surface area contributed by atoms with Crippen molar-refractivity contribution in [3.05, 3.63) is 24.3 Å². The van der Waals surface area contributed by atoms with Crippen LogP contribution in [0.2, 0.25) is 0 Å². The van der Waals surface area contributed by atoms with Crippen molar-refractivity contribution in [1.29, 1.82) is 0 Å². The van der Waals surface area contributed by atoms with Crippen molar-refractivity contribution in [2.24, 2.45) is 5.73 Å². The average molecular weight is 303 g/mol. The molecule has 0 aromatic heterocycles. The molecule has 0 aliphatic rings. The lowest BCUT2D eigenvalue weighted by atomic mass is 10.3. The highest BCUT2D eigenvalue weighted by molar-refractivity contribution is 5.85. The summed E-state index contributed by atoms with van der Waals surface area (Å²) in [5.74, 6) is 1.48. The molecule has 0 heterocycles. The molecule has 0 bridgehead atoms. The molecular weight excluding hydrogens is 280 g/mol. The number of hydrogen-bond donors (Lipinski definition) is 2. The molecule has 114 valence electrons. The van der Waals surface area contributed by atoms with Crippen molar-refractivity contribution < 1.29 is 14.3 Å². The van der Waals surface area contributed by atoms with Crippen LogP contribution in [0.15, 0.2) is 24.3 Å². The summed E-state index contributed by atoms with van der Waals surface area (Å²) in [6, 6.07) is 7.38. The molecule has 0 radical (unpaired) electrons. The SMILES string of the molecule is COc1cccc(OC(C)CNC(=O)CCCN)c1.Cl. The van der Waals surface area contributed by atoms with Crippen LogP contribution in [0.4, 0.5) is 0 Å². The van der Waals surface area contributed by atoms with Gasteiger partial charge in [0.2, 0.25) is 5.91 Å². The van der Waals surface area contributed by atoms with E-state index in [0.717, 1.165) is 11.5 Å². The fourth-order valence-electron chi connectivity index (χ4n) is 1.56. The van der Waals surface area contributed by atoms with Gasteiger partial charge in [0.1, 0.15) is 17.6 Å². The van der Waals surface area contributed by atoms with E-state index >= 15 is 0 Å². The lowest BCUT2D eigenvalue weighted by Crippen LogP contribution is -2.33. The Labute approximate surface area is 126 Å². The second-order valence-corrected chi connectivity index (χ2v) is 4.30. The number of nitrogens with two attached hydrogens (primary N) is 1. The van der Waals surface area contributed by atoms with Crippen LogP contribution in [0.5, 0.6) is 11.5 Å². The maximum Gasteiger partial charge on any atom is 0.220 e. The first-order chi connectivity index (χ1) is 9.15. The third kappa shape index (κ3) is 7.21. The first-order valence-corrected chi connectivity index (χ1v) is 6.43. The molecule has 5 nitrogen and oxygen atoms in total. The average Bonchev–Trinajstić information content (AvgIpc) is 2.43. The predicted octanol–water partition coefficient (Wildman–Crippen LogP) is 1.74.